The van der Waals surface area contributed by atoms with Crippen molar-refractivity contribution in [1.82, 2.24) is 14.7 Å². The van der Waals surface area contributed by atoms with Crippen molar-refractivity contribution in [2.45, 2.75) is 31.3 Å². The molecule has 0 spiro atoms. The third-order valence-electron chi connectivity index (χ3n) is 6.08. The van der Waals surface area contributed by atoms with Crippen molar-refractivity contribution in [3.63, 3.8) is 0 Å². The van der Waals surface area contributed by atoms with E-state index in [0.717, 1.165) is 17.8 Å². The Kier molecular flexibility index (Phi) is 6.50. The number of aromatic nitrogens is 2. The van der Waals surface area contributed by atoms with E-state index in [2.05, 4.69) is 10.1 Å². The van der Waals surface area contributed by atoms with Crippen LogP contribution in [0.1, 0.15) is 23.1 Å². The van der Waals surface area contributed by atoms with Crippen LogP contribution in [-0.2, 0) is 22.3 Å². The Morgan fingerprint density at radius 1 is 1.24 bits per heavy atom. The van der Waals surface area contributed by atoms with Crippen LogP contribution in [0, 0.1) is 0 Å². The molecule has 1 fully saturated rings. The molecule has 2 atom stereocenters. The summed E-state index contributed by atoms with van der Waals surface area (Å²) in [7, 11) is 0. The van der Waals surface area contributed by atoms with Crippen LogP contribution in [0.15, 0.2) is 52.5 Å². The first-order chi connectivity index (χ1) is 17.5. The zero-order chi connectivity index (χ0) is 26.5. The van der Waals surface area contributed by atoms with Gasteiger partial charge in [0, 0.05) is 23.4 Å². The average Bonchev–Trinajstić information content (AvgIpc) is 3.51. The van der Waals surface area contributed by atoms with Gasteiger partial charge in [-0.15, -0.1) is 0 Å². The zero-order valence-electron chi connectivity index (χ0n) is 18.8. The number of halogens is 4. The van der Waals surface area contributed by atoms with Gasteiger partial charge in [0.15, 0.2) is 5.17 Å². The van der Waals surface area contributed by atoms with Crippen molar-refractivity contribution < 1.29 is 33.0 Å². The van der Waals surface area contributed by atoms with Gasteiger partial charge in [-0.3, -0.25) is 9.48 Å². The Morgan fingerprint density at radius 2 is 2.03 bits per heavy atom. The number of rotatable bonds is 4. The number of aliphatic carboxylic acids is 1. The Hall–Kier alpha value is -3.35. The summed E-state index contributed by atoms with van der Waals surface area (Å²) in [6.07, 6.45) is -2.22. The first-order valence-corrected chi connectivity index (χ1v) is 12.2. The normalized spacial score (nSPS) is 21.3. The lowest BCUT2D eigenvalue weighted by molar-refractivity contribution is -0.141. The number of alkyl halides is 3. The molecule has 192 valence electrons. The van der Waals surface area contributed by atoms with E-state index in [1.807, 2.05) is 0 Å². The molecule has 13 heteroatoms. The lowest BCUT2D eigenvalue weighted by Crippen LogP contribution is -2.38. The fourth-order valence-corrected chi connectivity index (χ4v) is 5.51. The predicted octanol–water partition coefficient (Wildman–Crippen LogP) is 4.25. The van der Waals surface area contributed by atoms with Gasteiger partial charge in [-0.05, 0) is 53.2 Å². The van der Waals surface area contributed by atoms with Crippen LogP contribution in [0.25, 0.3) is 17.0 Å². The molecule has 0 aliphatic carbocycles. The Morgan fingerprint density at radius 3 is 2.76 bits per heavy atom. The monoisotopic (exact) mass is 550 g/mol. The molecule has 1 aromatic heterocycles. The number of amides is 1. The largest absolute Gasteiger partial charge is 0.480 e. The molecule has 0 unspecified atom stereocenters. The highest BCUT2D eigenvalue weighted by atomic mass is 35.5. The van der Waals surface area contributed by atoms with Crippen molar-refractivity contribution in [3.05, 3.63) is 69.2 Å². The fraction of sp³-hybridized carbons (Fsp3) is 0.250. The summed E-state index contributed by atoms with van der Waals surface area (Å²) < 4.78 is 41.9. The van der Waals surface area contributed by atoms with Crippen molar-refractivity contribution in [2.75, 3.05) is 6.54 Å². The molecule has 2 aromatic carbocycles. The van der Waals surface area contributed by atoms with Gasteiger partial charge in [0.1, 0.15) is 6.04 Å². The number of carboxylic acids is 1. The highest BCUT2D eigenvalue weighted by Crippen LogP contribution is 2.36. The molecular formula is C24H18ClF3N4O4S. The van der Waals surface area contributed by atoms with Crippen LogP contribution >= 0.6 is 23.4 Å². The molecule has 5 rings (SSSR count). The SMILES string of the molecule is O=C1N=C(N2C[C@H](O)C[C@H]2C(=O)O)S/C1=C\c1ccc2c(cnn2Cc2ccc(Cl)cc2C(F)(F)F)c1. The minimum atomic E-state index is -4.56. The summed E-state index contributed by atoms with van der Waals surface area (Å²) in [5.74, 6) is -1.63. The summed E-state index contributed by atoms with van der Waals surface area (Å²) in [4.78, 5) is 29.6. The summed E-state index contributed by atoms with van der Waals surface area (Å²) in [5.41, 5.74) is 0.437. The van der Waals surface area contributed by atoms with E-state index < -0.39 is 35.8 Å². The molecule has 0 saturated carbocycles. The maximum absolute atomic E-state index is 13.5. The smallest absolute Gasteiger partial charge is 0.416 e. The second kappa shape index (κ2) is 9.51. The van der Waals surface area contributed by atoms with Gasteiger partial charge < -0.3 is 15.1 Å². The molecule has 3 aromatic rings. The number of likely N-dealkylation sites (tertiary alicyclic amines) is 1. The third-order valence-corrected chi connectivity index (χ3v) is 7.34. The molecular weight excluding hydrogens is 533 g/mol. The first kappa shape index (κ1) is 25.3. The third kappa shape index (κ3) is 5.09. The maximum atomic E-state index is 13.5. The molecule has 0 radical (unpaired) electrons. The molecule has 1 saturated heterocycles. The molecule has 2 aliphatic heterocycles. The summed E-state index contributed by atoms with van der Waals surface area (Å²) in [5, 5.41) is 24.4. The molecule has 0 bridgehead atoms. The van der Waals surface area contributed by atoms with Crippen molar-refractivity contribution in [2.24, 2.45) is 4.99 Å². The van der Waals surface area contributed by atoms with Gasteiger partial charge in [-0.1, -0.05) is 23.7 Å². The van der Waals surface area contributed by atoms with E-state index in [9.17, 15) is 33.0 Å². The number of carbonyl (C=O) groups is 2. The second-order valence-electron chi connectivity index (χ2n) is 8.63. The minimum Gasteiger partial charge on any atom is -0.480 e. The number of aliphatic hydroxyl groups excluding tert-OH is 1. The quantitative estimate of drug-likeness (QED) is 0.468. The molecule has 8 nitrogen and oxygen atoms in total. The topological polar surface area (TPSA) is 108 Å². The van der Waals surface area contributed by atoms with Crippen LogP contribution in [0.5, 0.6) is 0 Å². The van der Waals surface area contributed by atoms with Gasteiger partial charge in [0.05, 0.1) is 34.8 Å². The Balaban J connectivity index is 1.37. The molecule has 2 aliphatic rings. The first-order valence-electron chi connectivity index (χ1n) is 11.0. The number of carbonyl (C=O) groups excluding carboxylic acids is 1. The van der Waals surface area contributed by atoms with Crippen molar-refractivity contribution in [3.8, 4) is 0 Å². The maximum Gasteiger partial charge on any atom is 0.416 e. The zero-order valence-corrected chi connectivity index (χ0v) is 20.4. The van der Waals surface area contributed by atoms with Crippen molar-refractivity contribution >= 4 is 57.4 Å². The van der Waals surface area contributed by atoms with Gasteiger partial charge in [0.25, 0.3) is 5.91 Å². The highest BCUT2D eigenvalue weighted by molar-refractivity contribution is 8.18. The lowest BCUT2D eigenvalue weighted by atomic mass is 10.1. The van der Waals surface area contributed by atoms with Crippen LogP contribution in [-0.4, -0.2) is 60.6 Å². The van der Waals surface area contributed by atoms with Gasteiger partial charge in [-0.25, -0.2) is 4.79 Å². The van der Waals surface area contributed by atoms with Crippen LogP contribution in [0.2, 0.25) is 5.02 Å². The van der Waals surface area contributed by atoms with Crippen molar-refractivity contribution in [1.29, 1.82) is 0 Å². The van der Waals surface area contributed by atoms with Crippen LogP contribution in [0.4, 0.5) is 13.2 Å². The standard InChI is InChI=1S/C24H18ClF3N4O4S/c25-15-3-2-13(17(7-15)24(26,27)28)10-32-18-4-1-12(5-14(18)9-29-32)6-20-21(34)30-23(37-20)31-11-16(33)8-19(31)22(35)36/h1-7,9,16,19,33H,8,10-11H2,(H,35,36)/b20-6-/t16-,19+/m1/s1. The van der Waals surface area contributed by atoms with Gasteiger partial charge in [-0.2, -0.15) is 23.3 Å². The number of aliphatic imine (C=N–C) groups is 1. The summed E-state index contributed by atoms with van der Waals surface area (Å²) in [6.45, 7) is -0.0495. The Labute approximate surface area is 217 Å². The number of fused-ring (bicyclic) bond motifs is 1. The number of benzene rings is 2. The van der Waals surface area contributed by atoms with Gasteiger partial charge >= 0.3 is 12.1 Å². The number of hydrogen-bond acceptors (Lipinski definition) is 6. The van der Waals surface area contributed by atoms with E-state index in [-0.39, 0.29) is 40.2 Å². The number of nitrogens with zero attached hydrogens (tertiary/aromatic N) is 4. The Bertz CT molecular complexity index is 1490. The molecule has 1 amide bonds. The van der Waals surface area contributed by atoms with Gasteiger partial charge in [0.2, 0.25) is 0 Å². The molecule has 2 N–H and O–H groups in total. The lowest BCUT2D eigenvalue weighted by Gasteiger charge is -2.21. The average molecular weight is 551 g/mol. The van der Waals surface area contributed by atoms with E-state index >= 15 is 0 Å². The van der Waals surface area contributed by atoms with E-state index in [1.165, 1.54) is 27.9 Å². The highest BCUT2D eigenvalue weighted by Gasteiger charge is 2.40. The fourth-order valence-electron chi connectivity index (χ4n) is 4.36. The van der Waals surface area contributed by atoms with Crippen LogP contribution in [0.3, 0.4) is 0 Å². The van der Waals surface area contributed by atoms with Crippen LogP contribution < -0.4 is 0 Å². The number of thioether (sulfide) groups is 1. The predicted molar refractivity (Wildman–Crippen MR) is 132 cm³/mol. The van der Waals surface area contributed by atoms with E-state index in [0.29, 0.717) is 16.5 Å². The second-order valence-corrected chi connectivity index (χ2v) is 10.1. The number of amidine groups is 1. The number of β-amino-alcohol motifs (C(OH)–C–C–N with tert-alkyl or cyclic N) is 1. The summed E-state index contributed by atoms with van der Waals surface area (Å²) in [6, 6.07) is 7.79. The molecule has 3 heterocycles. The number of aliphatic hydroxyl groups is 1. The molecule has 37 heavy (non-hydrogen) atoms. The summed E-state index contributed by atoms with van der Waals surface area (Å²) >= 11 is 6.80. The number of hydrogen-bond donors (Lipinski definition) is 2. The van der Waals surface area contributed by atoms with E-state index in [1.54, 1.807) is 24.3 Å². The minimum absolute atomic E-state index is 0.00932. The van der Waals surface area contributed by atoms with E-state index in [4.69, 9.17) is 11.6 Å². The number of carboxylic acid groups (broad SMARTS) is 1.